The Bertz CT molecular complexity index is 578. The molecule has 0 radical (unpaired) electrons. The van der Waals surface area contributed by atoms with Crippen molar-refractivity contribution in [2.75, 3.05) is 40.3 Å². The molecule has 0 bridgehead atoms. The predicted octanol–water partition coefficient (Wildman–Crippen LogP) is 0.787. The minimum atomic E-state index is -0.624. The molecule has 128 valence electrons. The fourth-order valence-corrected chi connectivity index (χ4v) is 4.25. The van der Waals surface area contributed by atoms with Crippen molar-refractivity contribution >= 4 is 17.6 Å². The lowest BCUT2D eigenvalue weighted by Crippen LogP contribution is -2.61. The molecular weight excluding hydrogens is 314 g/mol. The third-order valence-electron chi connectivity index (χ3n) is 5.12. The Morgan fingerprint density at radius 2 is 2.13 bits per heavy atom. The van der Waals surface area contributed by atoms with Crippen molar-refractivity contribution in [1.29, 1.82) is 0 Å². The monoisotopic (exact) mass is 339 g/mol. The number of aliphatic hydroxyl groups is 1. The zero-order chi connectivity index (χ0) is 16.6. The first-order chi connectivity index (χ1) is 10.9. The molecule has 1 aromatic heterocycles. The van der Waals surface area contributed by atoms with E-state index in [0.29, 0.717) is 19.5 Å². The molecular formula is C15H25N5O2S. The average molecular weight is 339 g/mol. The number of carbonyl (C=O) groups is 1. The molecule has 0 spiro atoms. The molecule has 0 aliphatic carbocycles. The van der Waals surface area contributed by atoms with Gasteiger partial charge in [0, 0.05) is 52.7 Å². The summed E-state index contributed by atoms with van der Waals surface area (Å²) >= 11 is 1.44. The fourth-order valence-electron chi connectivity index (χ4n) is 3.57. The van der Waals surface area contributed by atoms with Gasteiger partial charge in [-0.1, -0.05) is 4.49 Å². The maximum atomic E-state index is 12.2. The van der Waals surface area contributed by atoms with Crippen LogP contribution in [0.4, 0.5) is 4.79 Å². The van der Waals surface area contributed by atoms with Crippen molar-refractivity contribution < 1.29 is 9.90 Å². The van der Waals surface area contributed by atoms with E-state index in [4.69, 9.17) is 0 Å². The van der Waals surface area contributed by atoms with E-state index >= 15 is 0 Å². The summed E-state index contributed by atoms with van der Waals surface area (Å²) in [6.07, 6.45) is 1.44. The molecule has 3 heterocycles. The molecule has 0 saturated carbocycles. The van der Waals surface area contributed by atoms with Crippen LogP contribution >= 0.6 is 11.5 Å². The Morgan fingerprint density at radius 3 is 2.78 bits per heavy atom. The van der Waals surface area contributed by atoms with Crippen molar-refractivity contribution in [3.63, 3.8) is 0 Å². The normalized spacial score (nSPS) is 28.5. The number of urea groups is 1. The molecule has 8 heteroatoms. The number of amides is 2. The number of rotatable bonds is 2. The standard InChI is InChI=1S/C15H25N5O2S/c1-11-13(23-17-16-11)10-19-6-4-15(22)5-7-20(9-12(15)8-19)14(21)18(2)3/h12,22H,4-10H2,1-3H3/t12-,15-/m1/s1. The lowest BCUT2D eigenvalue weighted by atomic mass is 9.75. The second-order valence-corrected chi connectivity index (χ2v) is 7.78. The van der Waals surface area contributed by atoms with Crippen LogP contribution in [0.5, 0.6) is 0 Å². The van der Waals surface area contributed by atoms with E-state index in [1.165, 1.54) is 16.4 Å². The third-order valence-corrected chi connectivity index (χ3v) is 5.93. The smallest absolute Gasteiger partial charge is 0.319 e. The summed E-state index contributed by atoms with van der Waals surface area (Å²) < 4.78 is 3.99. The third kappa shape index (κ3) is 3.34. The first-order valence-corrected chi connectivity index (χ1v) is 8.85. The van der Waals surface area contributed by atoms with Crippen LogP contribution in [-0.4, -0.2) is 81.3 Å². The lowest BCUT2D eigenvalue weighted by molar-refractivity contribution is -0.108. The Morgan fingerprint density at radius 1 is 1.39 bits per heavy atom. The van der Waals surface area contributed by atoms with Crippen LogP contribution in [0.2, 0.25) is 0 Å². The summed E-state index contributed by atoms with van der Waals surface area (Å²) in [6, 6.07) is 0.0340. The molecule has 0 unspecified atom stereocenters. The maximum absolute atomic E-state index is 12.2. The highest BCUT2D eigenvalue weighted by molar-refractivity contribution is 7.05. The molecule has 23 heavy (non-hydrogen) atoms. The summed E-state index contributed by atoms with van der Waals surface area (Å²) in [6.45, 7) is 5.78. The first kappa shape index (κ1) is 16.6. The summed E-state index contributed by atoms with van der Waals surface area (Å²) in [5.41, 5.74) is 0.365. The molecule has 7 nitrogen and oxygen atoms in total. The summed E-state index contributed by atoms with van der Waals surface area (Å²) in [4.78, 5) is 19.2. The Hall–Kier alpha value is -1.25. The second kappa shape index (κ2) is 6.33. The zero-order valence-corrected chi connectivity index (χ0v) is 14.8. The van der Waals surface area contributed by atoms with Gasteiger partial charge in [-0.15, -0.1) is 5.10 Å². The van der Waals surface area contributed by atoms with Gasteiger partial charge in [-0.3, -0.25) is 4.90 Å². The van der Waals surface area contributed by atoms with Crippen LogP contribution in [-0.2, 0) is 6.54 Å². The number of carbonyl (C=O) groups excluding carboxylic acids is 1. The predicted molar refractivity (Wildman–Crippen MR) is 88.3 cm³/mol. The fraction of sp³-hybridized carbons (Fsp3) is 0.800. The Balaban J connectivity index is 1.66. The summed E-state index contributed by atoms with van der Waals surface area (Å²) in [5, 5.41) is 15.0. The number of fused-ring (bicyclic) bond motifs is 1. The Kier molecular flexibility index (Phi) is 4.57. The van der Waals surface area contributed by atoms with E-state index in [0.717, 1.165) is 31.7 Å². The number of nitrogens with zero attached hydrogens (tertiary/aromatic N) is 5. The Labute approximate surface area is 141 Å². The molecule has 2 aliphatic rings. The van der Waals surface area contributed by atoms with Gasteiger partial charge in [0.1, 0.15) is 0 Å². The maximum Gasteiger partial charge on any atom is 0.319 e. The second-order valence-electron chi connectivity index (χ2n) is 6.94. The van der Waals surface area contributed by atoms with Crippen LogP contribution < -0.4 is 0 Å². The van der Waals surface area contributed by atoms with Gasteiger partial charge in [-0.05, 0) is 31.3 Å². The average Bonchev–Trinajstić information content (AvgIpc) is 2.91. The van der Waals surface area contributed by atoms with Crippen molar-refractivity contribution in [3.8, 4) is 0 Å². The molecule has 1 N–H and O–H groups in total. The van der Waals surface area contributed by atoms with Gasteiger partial charge in [0.25, 0.3) is 0 Å². The molecule has 2 fully saturated rings. The van der Waals surface area contributed by atoms with E-state index < -0.39 is 5.60 Å². The van der Waals surface area contributed by atoms with E-state index in [-0.39, 0.29) is 11.9 Å². The number of aryl methyl sites for hydroxylation is 1. The van der Waals surface area contributed by atoms with Crippen molar-refractivity contribution in [2.24, 2.45) is 5.92 Å². The van der Waals surface area contributed by atoms with Crippen LogP contribution in [0.3, 0.4) is 0 Å². The van der Waals surface area contributed by atoms with E-state index in [1.54, 1.807) is 19.0 Å². The number of hydrogen-bond acceptors (Lipinski definition) is 6. The zero-order valence-electron chi connectivity index (χ0n) is 14.0. The van der Waals surface area contributed by atoms with E-state index in [2.05, 4.69) is 14.5 Å². The van der Waals surface area contributed by atoms with Gasteiger partial charge >= 0.3 is 6.03 Å². The minimum absolute atomic E-state index is 0.0340. The quantitative estimate of drug-likeness (QED) is 0.862. The number of hydrogen-bond donors (Lipinski definition) is 1. The largest absolute Gasteiger partial charge is 0.389 e. The highest BCUT2D eigenvalue weighted by Crippen LogP contribution is 2.36. The highest BCUT2D eigenvalue weighted by Gasteiger charge is 2.46. The highest BCUT2D eigenvalue weighted by atomic mass is 32.1. The van der Waals surface area contributed by atoms with Gasteiger partial charge in [0.2, 0.25) is 0 Å². The van der Waals surface area contributed by atoms with Crippen molar-refractivity contribution in [2.45, 2.75) is 31.9 Å². The molecule has 2 aliphatic heterocycles. The van der Waals surface area contributed by atoms with Crippen molar-refractivity contribution in [1.82, 2.24) is 24.3 Å². The molecule has 0 aromatic carbocycles. The molecule has 2 saturated heterocycles. The van der Waals surface area contributed by atoms with Gasteiger partial charge in [-0.2, -0.15) is 0 Å². The van der Waals surface area contributed by atoms with Crippen LogP contribution in [0, 0.1) is 12.8 Å². The topological polar surface area (TPSA) is 72.8 Å². The van der Waals surface area contributed by atoms with Crippen LogP contribution in [0.1, 0.15) is 23.4 Å². The van der Waals surface area contributed by atoms with Crippen LogP contribution in [0.25, 0.3) is 0 Å². The van der Waals surface area contributed by atoms with Gasteiger partial charge in [0.15, 0.2) is 0 Å². The van der Waals surface area contributed by atoms with Gasteiger partial charge in [-0.25, -0.2) is 4.79 Å². The summed E-state index contributed by atoms with van der Waals surface area (Å²) in [7, 11) is 3.55. The van der Waals surface area contributed by atoms with Gasteiger partial charge < -0.3 is 14.9 Å². The number of piperidine rings is 2. The number of likely N-dealkylation sites (tertiary alicyclic amines) is 2. The van der Waals surface area contributed by atoms with Gasteiger partial charge in [0.05, 0.1) is 16.2 Å². The first-order valence-electron chi connectivity index (χ1n) is 8.08. The minimum Gasteiger partial charge on any atom is -0.389 e. The summed E-state index contributed by atoms with van der Waals surface area (Å²) in [5.74, 6) is 0.107. The molecule has 2 atom stereocenters. The van der Waals surface area contributed by atoms with Crippen LogP contribution in [0.15, 0.2) is 0 Å². The molecule has 2 amide bonds. The lowest BCUT2D eigenvalue weighted by Gasteiger charge is -2.50. The molecule has 3 rings (SSSR count). The van der Waals surface area contributed by atoms with E-state index in [1.807, 2.05) is 11.8 Å². The number of aromatic nitrogens is 2. The van der Waals surface area contributed by atoms with E-state index in [9.17, 15) is 9.90 Å². The SMILES string of the molecule is Cc1nnsc1CN1CC[C@@]2(O)CCN(C(=O)N(C)C)C[C@H]2C1. The van der Waals surface area contributed by atoms with Crippen molar-refractivity contribution in [3.05, 3.63) is 10.6 Å². The molecule has 1 aromatic rings.